The third kappa shape index (κ3) is 5.04. The molecule has 9 heteroatoms. The second kappa shape index (κ2) is 11.1. The first-order valence-electron chi connectivity index (χ1n) is 13.8. The number of aromatic nitrogens is 5. The maximum Gasteiger partial charge on any atom is 0.253 e. The Hall–Kier alpha value is -4.24. The van der Waals surface area contributed by atoms with Crippen LogP contribution < -0.4 is 10.3 Å². The molecule has 1 aliphatic rings. The van der Waals surface area contributed by atoms with E-state index in [-0.39, 0.29) is 11.6 Å². The standard InChI is InChI=1S/C31H34N6O3/c1-20-10-11-21(2)28-26(20)17-27(31(38)32-28)29(30-33-34-35-37(30)23-7-4-5-8-23)36(19-25-9-6-16-40-25)18-22-12-14-24(39-3)15-13-22/h6,9-17,23,29H,4-5,7-8,18-19H2,1-3H3,(H,32,38). The van der Waals surface area contributed by atoms with E-state index in [1.165, 1.54) is 0 Å². The van der Waals surface area contributed by atoms with E-state index in [9.17, 15) is 4.79 Å². The van der Waals surface area contributed by atoms with Crippen LogP contribution in [0.2, 0.25) is 0 Å². The molecular formula is C31H34N6O3. The highest BCUT2D eigenvalue weighted by atomic mass is 16.5. The highest BCUT2D eigenvalue weighted by Gasteiger charge is 2.34. The second-order valence-electron chi connectivity index (χ2n) is 10.7. The molecule has 6 rings (SSSR count). The number of pyridine rings is 1. The Labute approximate surface area is 232 Å². The topological polar surface area (TPSA) is 102 Å². The van der Waals surface area contributed by atoms with Gasteiger partial charge in [-0.25, -0.2) is 4.68 Å². The van der Waals surface area contributed by atoms with Crippen LogP contribution in [0.15, 0.2) is 70.1 Å². The van der Waals surface area contributed by atoms with E-state index in [0.717, 1.165) is 64.8 Å². The number of furan rings is 1. The van der Waals surface area contributed by atoms with Crippen molar-refractivity contribution in [3.63, 3.8) is 0 Å². The van der Waals surface area contributed by atoms with E-state index in [1.807, 2.05) is 60.1 Å². The molecule has 3 aromatic heterocycles. The third-order valence-corrected chi connectivity index (χ3v) is 8.05. The number of nitrogens with one attached hydrogen (secondary N) is 1. The number of methoxy groups -OCH3 is 1. The maximum absolute atomic E-state index is 13.9. The van der Waals surface area contributed by atoms with Crippen LogP contribution in [0.5, 0.6) is 5.75 Å². The van der Waals surface area contributed by atoms with Gasteiger partial charge in [-0.1, -0.05) is 37.1 Å². The number of rotatable bonds is 9. The molecule has 1 aliphatic carbocycles. The number of tetrazole rings is 1. The molecule has 0 amide bonds. The zero-order valence-corrected chi connectivity index (χ0v) is 23.1. The Balaban J connectivity index is 1.54. The SMILES string of the molecule is COc1ccc(CN(Cc2ccco2)C(c2cc3c(C)ccc(C)c3[nH]c2=O)c2nnnn2C2CCCC2)cc1. The number of nitrogens with zero attached hydrogens (tertiary/aromatic N) is 5. The summed E-state index contributed by atoms with van der Waals surface area (Å²) < 4.78 is 13.1. The molecule has 40 heavy (non-hydrogen) atoms. The van der Waals surface area contributed by atoms with E-state index in [4.69, 9.17) is 9.15 Å². The van der Waals surface area contributed by atoms with Crippen LogP contribution in [0.3, 0.4) is 0 Å². The summed E-state index contributed by atoms with van der Waals surface area (Å²) in [6, 6.07) is 17.7. The Morgan fingerprint density at radius 2 is 1.85 bits per heavy atom. The summed E-state index contributed by atoms with van der Waals surface area (Å²) in [4.78, 5) is 19.3. The second-order valence-corrected chi connectivity index (χ2v) is 10.7. The van der Waals surface area contributed by atoms with Crippen LogP contribution in [0, 0.1) is 13.8 Å². The zero-order valence-electron chi connectivity index (χ0n) is 23.1. The van der Waals surface area contributed by atoms with Crippen molar-refractivity contribution in [2.45, 2.75) is 64.7 Å². The highest BCUT2D eigenvalue weighted by molar-refractivity contribution is 5.85. The van der Waals surface area contributed by atoms with Crippen molar-refractivity contribution in [2.75, 3.05) is 7.11 Å². The summed E-state index contributed by atoms with van der Waals surface area (Å²) in [5.74, 6) is 2.25. The van der Waals surface area contributed by atoms with Crippen LogP contribution in [0.1, 0.15) is 71.6 Å². The minimum Gasteiger partial charge on any atom is -0.497 e. The molecule has 2 aromatic carbocycles. The van der Waals surface area contributed by atoms with Gasteiger partial charge in [0, 0.05) is 17.5 Å². The number of hydrogen-bond donors (Lipinski definition) is 1. The number of benzene rings is 2. The van der Waals surface area contributed by atoms with Gasteiger partial charge < -0.3 is 14.1 Å². The number of hydrogen-bond acceptors (Lipinski definition) is 7. The molecule has 3 heterocycles. The van der Waals surface area contributed by atoms with Crippen molar-refractivity contribution in [3.05, 3.63) is 105 Å². The number of aromatic amines is 1. The minimum absolute atomic E-state index is 0.147. The molecule has 0 aliphatic heterocycles. The van der Waals surface area contributed by atoms with Crippen molar-refractivity contribution in [2.24, 2.45) is 0 Å². The molecule has 1 N–H and O–H groups in total. The summed E-state index contributed by atoms with van der Waals surface area (Å²) in [5.41, 5.74) is 4.51. The Morgan fingerprint density at radius 3 is 2.58 bits per heavy atom. The summed E-state index contributed by atoms with van der Waals surface area (Å²) in [6.45, 7) is 5.09. The summed E-state index contributed by atoms with van der Waals surface area (Å²) in [7, 11) is 1.66. The lowest BCUT2D eigenvalue weighted by atomic mass is 9.98. The average molecular weight is 539 g/mol. The van der Waals surface area contributed by atoms with E-state index in [0.29, 0.717) is 24.5 Å². The lowest BCUT2D eigenvalue weighted by Gasteiger charge is -2.31. The maximum atomic E-state index is 13.9. The minimum atomic E-state index is -0.518. The average Bonchev–Trinajstić information content (AvgIpc) is 3.75. The van der Waals surface area contributed by atoms with Gasteiger partial charge in [0.2, 0.25) is 0 Å². The number of ether oxygens (including phenoxy) is 1. The first-order chi connectivity index (χ1) is 19.5. The molecule has 1 unspecified atom stereocenters. The summed E-state index contributed by atoms with van der Waals surface area (Å²) in [6.07, 6.45) is 6.01. The molecule has 0 saturated heterocycles. The van der Waals surface area contributed by atoms with Gasteiger partial charge in [-0.2, -0.15) is 0 Å². The third-order valence-electron chi connectivity index (χ3n) is 8.05. The zero-order chi connectivity index (χ0) is 27.6. The van der Waals surface area contributed by atoms with E-state index in [2.05, 4.69) is 38.4 Å². The molecule has 0 radical (unpaired) electrons. The lowest BCUT2D eigenvalue weighted by Crippen LogP contribution is -2.35. The molecule has 1 saturated carbocycles. The summed E-state index contributed by atoms with van der Waals surface area (Å²) in [5, 5.41) is 14.2. The first kappa shape index (κ1) is 26.0. The van der Waals surface area contributed by atoms with Crippen molar-refractivity contribution in [3.8, 4) is 5.75 Å². The quantitative estimate of drug-likeness (QED) is 0.259. The summed E-state index contributed by atoms with van der Waals surface area (Å²) >= 11 is 0. The van der Waals surface area contributed by atoms with E-state index in [1.54, 1.807) is 13.4 Å². The fourth-order valence-corrected chi connectivity index (χ4v) is 5.89. The molecule has 1 atom stereocenters. The lowest BCUT2D eigenvalue weighted by molar-refractivity contribution is 0.176. The van der Waals surface area contributed by atoms with Crippen molar-refractivity contribution in [1.29, 1.82) is 0 Å². The van der Waals surface area contributed by atoms with Crippen LogP contribution >= 0.6 is 0 Å². The molecule has 1 fully saturated rings. The number of H-pyrrole nitrogens is 1. The predicted octanol–water partition coefficient (Wildman–Crippen LogP) is 5.64. The largest absolute Gasteiger partial charge is 0.497 e. The number of fused-ring (bicyclic) bond motifs is 1. The number of aryl methyl sites for hydroxylation is 2. The Kier molecular flexibility index (Phi) is 7.21. The van der Waals surface area contributed by atoms with Crippen molar-refractivity contribution >= 4 is 10.9 Å². The molecule has 206 valence electrons. The van der Waals surface area contributed by atoms with Crippen LogP contribution in [0.25, 0.3) is 10.9 Å². The fourth-order valence-electron chi connectivity index (χ4n) is 5.89. The predicted molar refractivity (Wildman–Crippen MR) is 152 cm³/mol. The molecule has 9 nitrogen and oxygen atoms in total. The van der Waals surface area contributed by atoms with Gasteiger partial charge in [-0.05, 0) is 84.1 Å². The van der Waals surface area contributed by atoms with Gasteiger partial charge in [0.15, 0.2) is 5.82 Å². The van der Waals surface area contributed by atoms with Gasteiger partial charge in [-0.15, -0.1) is 5.10 Å². The van der Waals surface area contributed by atoms with E-state index < -0.39 is 6.04 Å². The highest BCUT2D eigenvalue weighted by Crippen LogP contribution is 2.35. The van der Waals surface area contributed by atoms with Crippen molar-refractivity contribution in [1.82, 2.24) is 30.1 Å². The van der Waals surface area contributed by atoms with Gasteiger partial charge in [0.25, 0.3) is 5.56 Å². The first-order valence-corrected chi connectivity index (χ1v) is 13.8. The van der Waals surface area contributed by atoms with Gasteiger partial charge in [0.1, 0.15) is 17.6 Å². The van der Waals surface area contributed by atoms with Crippen molar-refractivity contribution < 1.29 is 9.15 Å². The Bertz CT molecular complexity index is 1650. The van der Waals surface area contributed by atoms with Crippen LogP contribution in [-0.4, -0.2) is 37.2 Å². The van der Waals surface area contributed by atoms with Crippen LogP contribution in [0.4, 0.5) is 0 Å². The fraction of sp³-hybridized carbons (Fsp3) is 0.355. The van der Waals surface area contributed by atoms with Gasteiger partial charge >= 0.3 is 0 Å². The monoisotopic (exact) mass is 538 g/mol. The van der Waals surface area contributed by atoms with Crippen LogP contribution in [-0.2, 0) is 13.1 Å². The van der Waals surface area contributed by atoms with Gasteiger partial charge in [-0.3, -0.25) is 9.69 Å². The Morgan fingerprint density at radius 1 is 1.07 bits per heavy atom. The molecular weight excluding hydrogens is 504 g/mol. The van der Waals surface area contributed by atoms with E-state index >= 15 is 0 Å². The molecule has 5 aromatic rings. The van der Waals surface area contributed by atoms with Gasteiger partial charge in [0.05, 0.1) is 31.5 Å². The smallest absolute Gasteiger partial charge is 0.253 e. The normalized spacial score (nSPS) is 14.8. The molecule has 0 spiro atoms. The molecule has 0 bridgehead atoms.